The van der Waals surface area contributed by atoms with Gasteiger partial charge in [0.25, 0.3) is 0 Å². The van der Waals surface area contributed by atoms with E-state index in [1.807, 2.05) is 18.2 Å². The smallest absolute Gasteiger partial charge is 0.106 e. The van der Waals surface area contributed by atoms with Crippen LogP contribution in [0.3, 0.4) is 0 Å². The summed E-state index contributed by atoms with van der Waals surface area (Å²) in [6.45, 7) is 2.18. The Hall–Kier alpha value is -0.860. The van der Waals surface area contributed by atoms with Crippen LogP contribution in [-0.2, 0) is 4.84 Å². The van der Waals surface area contributed by atoms with E-state index in [9.17, 15) is 0 Å². The minimum absolute atomic E-state index is 0.251. The second-order valence-electron chi connectivity index (χ2n) is 3.64. The van der Waals surface area contributed by atoms with Crippen molar-refractivity contribution < 1.29 is 4.84 Å². The molecule has 1 heterocycles. The molecule has 0 spiro atoms. The van der Waals surface area contributed by atoms with E-state index < -0.39 is 0 Å². The van der Waals surface area contributed by atoms with E-state index in [4.69, 9.17) is 4.84 Å². The summed E-state index contributed by atoms with van der Waals surface area (Å²) in [6.07, 6.45) is 1.33. The van der Waals surface area contributed by atoms with Gasteiger partial charge in [0.05, 0.1) is 0 Å². The average Bonchev–Trinajstić information content (AvgIpc) is 2.49. The molecule has 0 bridgehead atoms. The molecule has 70 valence electrons. The molecule has 1 fully saturated rings. The van der Waals surface area contributed by atoms with Crippen LogP contribution in [0.4, 0.5) is 0 Å². The van der Waals surface area contributed by atoms with Gasteiger partial charge < -0.3 is 0 Å². The van der Waals surface area contributed by atoms with Crippen molar-refractivity contribution in [3.8, 4) is 0 Å². The van der Waals surface area contributed by atoms with Crippen molar-refractivity contribution in [1.82, 2.24) is 5.06 Å². The van der Waals surface area contributed by atoms with Gasteiger partial charge in [-0.1, -0.05) is 30.3 Å². The number of benzene rings is 1. The van der Waals surface area contributed by atoms with E-state index >= 15 is 0 Å². The maximum absolute atomic E-state index is 5.69. The topological polar surface area (TPSA) is 12.5 Å². The first-order valence-corrected chi connectivity index (χ1v) is 4.72. The Labute approximate surface area is 79.1 Å². The number of nitrogens with zero attached hydrogens (tertiary/aromatic N) is 1. The van der Waals surface area contributed by atoms with Crippen LogP contribution >= 0.6 is 0 Å². The highest BCUT2D eigenvalue weighted by Gasteiger charge is 2.28. The molecule has 0 radical (unpaired) electrons. The molecule has 0 amide bonds. The van der Waals surface area contributed by atoms with Crippen LogP contribution in [0.2, 0.25) is 0 Å². The van der Waals surface area contributed by atoms with Gasteiger partial charge in [-0.3, -0.25) is 4.84 Å². The molecule has 2 nitrogen and oxygen atoms in total. The van der Waals surface area contributed by atoms with Gasteiger partial charge >= 0.3 is 0 Å². The van der Waals surface area contributed by atoms with Gasteiger partial charge in [-0.25, -0.2) is 0 Å². The Morgan fingerprint density at radius 1 is 1.31 bits per heavy atom. The summed E-state index contributed by atoms with van der Waals surface area (Å²) >= 11 is 0. The van der Waals surface area contributed by atoms with Crippen LogP contribution in [0, 0.1) is 0 Å². The molecule has 2 heteroatoms. The zero-order chi connectivity index (χ0) is 9.26. The standard InChI is InChI=1S/C11H15NO/c1-9-8-11(13-12(9)2)10-6-4-3-5-7-10/h3-7,9,11H,8H2,1-2H3/t9-,11-/m0/s1. The molecule has 0 saturated carbocycles. The predicted molar refractivity (Wildman–Crippen MR) is 52.1 cm³/mol. The molecule has 0 aromatic heterocycles. The summed E-state index contributed by atoms with van der Waals surface area (Å²) in [5.41, 5.74) is 1.28. The summed E-state index contributed by atoms with van der Waals surface area (Å²) in [6, 6.07) is 10.9. The number of hydrogen-bond acceptors (Lipinski definition) is 2. The van der Waals surface area contributed by atoms with Crippen molar-refractivity contribution in [3.63, 3.8) is 0 Å². The van der Waals surface area contributed by atoms with Crippen LogP contribution in [0.5, 0.6) is 0 Å². The van der Waals surface area contributed by atoms with Crippen molar-refractivity contribution >= 4 is 0 Å². The quantitative estimate of drug-likeness (QED) is 0.653. The van der Waals surface area contributed by atoms with E-state index in [2.05, 4.69) is 31.2 Å². The molecular formula is C11H15NO. The van der Waals surface area contributed by atoms with Crippen molar-refractivity contribution in [1.29, 1.82) is 0 Å². The molecule has 1 aromatic carbocycles. The first-order valence-electron chi connectivity index (χ1n) is 4.72. The fraction of sp³-hybridized carbons (Fsp3) is 0.455. The lowest BCUT2D eigenvalue weighted by atomic mass is 10.0. The number of rotatable bonds is 1. The third-order valence-electron chi connectivity index (χ3n) is 2.64. The Morgan fingerprint density at radius 3 is 2.54 bits per heavy atom. The first-order chi connectivity index (χ1) is 6.27. The van der Waals surface area contributed by atoms with Crippen molar-refractivity contribution in [2.45, 2.75) is 25.5 Å². The zero-order valence-corrected chi connectivity index (χ0v) is 8.10. The molecule has 2 atom stereocenters. The van der Waals surface area contributed by atoms with E-state index in [-0.39, 0.29) is 6.10 Å². The Bertz CT molecular complexity index is 263. The lowest BCUT2D eigenvalue weighted by Crippen LogP contribution is -2.19. The molecule has 0 aliphatic carbocycles. The second-order valence-corrected chi connectivity index (χ2v) is 3.64. The summed E-state index contributed by atoms with van der Waals surface area (Å²) in [5.74, 6) is 0. The molecular weight excluding hydrogens is 162 g/mol. The highest BCUT2D eigenvalue weighted by molar-refractivity contribution is 5.18. The Balaban J connectivity index is 2.12. The average molecular weight is 177 g/mol. The van der Waals surface area contributed by atoms with Gasteiger partial charge in [0, 0.05) is 13.1 Å². The minimum atomic E-state index is 0.251. The van der Waals surface area contributed by atoms with E-state index in [1.165, 1.54) is 5.56 Å². The molecule has 1 aromatic rings. The van der Waals surface area contributed by atoms with Crippen LogP contribution < -0.4 is 0 Å². The zero-order valence-electron chi connectivity index (χ0n) is 8.10. The number of hydroxylamine groups is 2. The summed E-state index contributed by atoms with van der Waals surface area (Å²) in [4.78, 5) is 5.69. The third-order valence-corrected chi connectivity index (χ3v) is 2.64. The van der Waals surface area contributed by atoms with Crippen molar-refractivity contribution in [2.24, 2.45) is 0 Å². The molecule has 0 N–H and O–H groups in total. The summed E-state index contributed by atoms with van der Waals surface area (Å²) < 4.78 is 0. The lowest BCUT2D eigenvalue weighted by molar-refractivity contribution is -0.142. The molecule has 13 heavy (non-hydrogen) atoms. The summed E-state index contributed by atoms with van der Waals surface area (Å²) in [7, 11) is 1.99. The molecule has 1 saturated heterocycles. The van der Waals surface area contributed by atoms with Crippen LogP contribution in [0.25, 0.3) is 0 Å². The van der Waals surface area contributed by atoms with Crippen LogP contribution in [0.1, 0.15) is 25.0 Å². The monoisotopic (exact) mass is 177 g/mol. The highest BCUT2D eigenvalue weighted by Crippen LogP contribution is 2.31. The van der Waals surface area contributed by atoms with E-state index in [1.54, 1.807) is 0 Å². The minimum Gasteiger partial charge on any atom is -0.291 e. The van der Waals surface area contributed by atoms with Gasteiger partial charge in [0.2, 0.25) is 0 Å². The van der Waals surface area contributed by atoms with Gasteiger partial charge in [-0.2, -0.15) is 5.06 Å². The molecule has 1 aliphatic heterocycles. The second kappa shape index (κ2) is 3.48. The van der Waals surface area contributed by atoms with E-state index in [0.29, 0.717) is 6.04 Å². The fourth-order valence-electron chi connectivity index (χ4n) is 1.67. The SMILES string of the molecule is C[C@H]1C[C@@H](c2ccccc2)ON1C. The molecule has 1 aliphatic rings. The van der Waals surface area contributed by atoms with Gasteiger partial charge in [0.1, 0.15) is 6.10 Å². The van der Waals surface area contributed by atoms with Crippen LogP contribution in [0.15, 0.2) is 30.3 Å². The van der Waals surface area contributed by atoms with Gasteiger partial charge in [0.15, 0.2) is 0 Å². The third kappa shape index (κ3) is 1.74. The predicted octanol–water partition coefficient (Wildman–Crippen LogP) is 2.38. The van der Waals surface area contributed by atoms with Crippen molar-refractivity contribution in [2.75, 3.05) is 7.05 Å². The van der Waals surface area contributed by atoms with E-state index in [0.717, 1.165) is 6.42 Å². The normalized spacial score (nSPS) is 29.4. The van der Waals surface area contributed by atoms with Crippen LogP contribution in [-0.4, -0.2) is 18.2 Å². The lowest BCUT2D eigenvalue weighted by Gasteiger charge is -2.12. The maximum Gasteiger partial charge on any atom is 0.106 e. The van der Waals surface area contributed by atoms with Gasteiger partial charge in [-0.05, 0) is 18.9 Å². The summed E-state index contributed by atoms with van der Waals surface area (Å²) in [5, 5.41) is 1.94. The highest BCUT2D eigenvalue weighted by atomic mass is 16.7. The van der Waals surface area contributed by atoms with Gasteiger partial charge in [-0.15, -0.1) is 0 Å². The van der Waals surface area contributed by atoms with Crippen molar-refractivity contribution in [3.05, 3.63) is 35.9 Å². The largest absolute Gasteiger partial charge is 0.291 e. The Kier molecular flexibility index (Phi) is 2.34. The Morgan fingerprint density at radius 2 is 2.00 bits per heavy atom. The molecule has 2 rings (SSSR count). The molecule has 0 unspecified atom stereocenters. The first kappa shape index (κ1) is 8.73. The number of hydrogen-bond donors (Lipinski definition) is 0. The fourth-order valence-corrected chi connectivity index (χ4v) is 1.67. The maximum atomic E-state index is 5.69.